The fourth-order valence-corrected chi connectivity index (χ4v) is 7.21. The molecule has 6 rings (SSSR count). The first kappa shape index (κ1) is 31.6. The largest absolute Gasteiger partial charge is 0.497 e. The lowest BCUT2D eigenvalue weighted by Crippen LogP contribution is -2.39. The number of fused-ring (bicyclic) bond motifs is 5. The summed E-state index contributed by atoms with van der Waals surface area (Å²) in [6.07, 6.45) is 9.28. The molecule has 0 radical (unpaired) electrons. The van der Waals surface area contributed by atoms with Gasteiger partial charge in [0.05, 0.1) is 26.0 Å². The number of carbonyl (C=O) groups is 2. The summed E-state index contributed by atoms with van der Waals surface area (Å²) in [5.74, 6) is -0.161. The lowest BCUT2D eigenvalue weighted by atomic mass is 9.81. The molecule has 0 saturated heterocycles. The van der Waals surface area contributed by atoms with Gasteiger partial charge in [0.25, 0.3) is 5.91 Å². The van der Waals surface area contributed by atoms with Crippen molar-refractivity contribution >= 4 is 44.6 Å². The van der Waals surface area contributed by atoms with E-state index < -0.39 is 22.1 Å². The minimum Gasteiger partial charge on any atom is -0.497 e. The number of benzene rings is 2. The number of amides is 1. The van der Waals surface area contributed by atoms with E-state index >= 15 is 0 Å². The van der Waals surface area contributed by atoms with Crippen LogP contribution in [0.4, 0.5) is 0 Å². The van der Waals surface area contributed by atoms with Gasteiger partial charge in [-0.1, -0.05) is 25.3 Å². The summed E-state index contributed by atoms with van der Waals surface area (Å²) >= 11 is 0. The summed E-state index contributed by atoms with van der Waals surface area (Å²) in [6.45, 7) is 2.35. The average Bonchev–Trinajstić information content (AvgIpc) is 3.53. The van der Waals surface area contributed by atoms with Gasteiger partial charge in [-0.15, -0.1) is 0 Å². The van der Waals surface area contributed by atoms with E-state index in [-0.39, 0.29) is 12.2 Å². The Hall–Kier alpha value is -4.42. The summed E-state index contributed by atoms with van der Waals surface area (Å²) in [7, 11) is 2.14. The highest BCUT2D eigenvalue weighted by atomic mass is 32.2. The van der Waals surface area contributed by atoms with Gasteiger partial charge < -0.3 is 14.0 Å². The number of nitrogens with one attached hydrogen (secondary N) is 1. The number of esters is 1. The Morgan fingerprint density at radius 1 is 1.09 bits per heavy atom. The van der Waals surface area contributed by atoms with Gasteiger partial charge in [0.2, 0.25) is 0 Å². The lowest BCUT2D eigenvalue weighted by Gasteiger charge is -2.24. The molecule has 1 aliphatic heterocycles. The molecule has 0 bridgehead atoms. The molecule has 4 aromatic rings. The van der Waals surface area contributed by atoms with Crippen molar-refractivity contribution in [2.75, 3.05) is 27.8 Å². The van der Waals surface area contributed by atoms with Crippen molar-refractivity contribution in [2.45, 2.75) is 51.5 Å². The van der Waals surface area contributed by atoms with Gasteiger partial charge in [0.15, 0.2) is 0 Å². The molecule has 2 aromatic carbocycles. The van der Waals surface area contributed by atoms with E-state index in [9.17, 15) is 18.0 Å². The van der Waals surface area contributed by atoms with Gasteiger partial charge in [-0.2, -0.15) is 17.8 Å². The summed E-state index contributed by atoms with van der Waals surface area (Å²) in [4.78, 5) is 26.4. The lowest BCUT2D eigenvalue weighted by molar-refractivity contribution is 0.0525. The van der Waals surface area contributed by atoms with Gasteiger partial charge in [0, 0.05) is 54.9 Å². The fourth-order valence-electron chi connectivity index (χ4n) is 6.68. The van der Waals surface area contributed by atoms with Crippen molar-refractivity contribution in [3.05, 3.63) is 70.5 Å². The Morgan fingerprint density at radius 2 is 1.85 bits per heavy atom. The maximum absolute atomic E-state index is 13.3. The number of aromatic nitrogens is 3. The normalized spacial score (nSPS) is 15.2. The standard InChI is InChI=1S/C34H39N5O6S/c1-6-45-34(41)28-20-38(4)35-31(28)24-16-23-17-25(44-5)13-15-26(23)32-30(21-10-8-7-9-11-21)27-14-12-22(18-29(27)39(32)19-24)33(40)36-46(42,43)37(2)3/h12-18,20-21H,6-11,19H2,1-5H3,(H,36,40). The van der Waals surface area contributed by atoms with Gasteiger partial charge in [-0.25, -0.2) is 9.52 Å². The summed E-state index contributed by atoms with van der Waals surface area (Å²) in [6, 6.07) is 11.4. The van der Waals surface area contributed by atoms with Crippen LogP contribution in [-0.4, -0.2) is 66.8 Å². The van der Waals surface area contributed by atoms with E-state index in [1.54, 1.807) is 44.1 Å². The highest BCUT2D eigenvalue weighted by molar-refractivity contribution is 7.87. The molecule has 1 amide bonds. The van der Waals surface area contributed by atoms with Crippen LogP contribution >= 0.6 is 0 Å². The second-order valence-electron chi connectivity index (χ2n) is 12.0. The van der Waals surface area contributed by atoms with Gasteiger partial charge >= 0.3 is 16.2 Å². The molecular weight excluding hydrogens is 606 g/mol. The molecule has 12 heteroatoms. The monoisotopic (exact) mass is 645 g/mol. The predicted octanol–water partition coefficient (Wildman–Crippen LogP) is 5.37. The smallest absolute Gasteiger partial charge is 0.341 e. The average molecular weight is 646 g/mol. The zero-order chi connectivity index (χ0) is 32.7. The molecule has 0 atom stereocenters. The van der Waals surface area contributed by atoms with Crippen LogP contribution in [0.15, 0.2) is 42.6 Å². The van der Waals surface area contributed by atoms with Gasteiger partial charge in [-0.3, -0.25) is 9.48 Å². The quantitative estimate of drug-likeness (QED) is 0.256. The van der Waals surface area contributed by atoms with Crippen molar-refractivity contribution < 1.29 is 27.5 Å². The van der Waals surface area contributed by atoms with Crippen LogP contribution in [0.2, 0.25) is 0 Å². The maximum atomic E-state index is 13.3. The Bertz CT molecular complexity index is 1980. The number of allylic oxidation sites excluding steroid dienone is 1. The first-order valence-electron chi connectivity index (χ1n) is 15.5. The Morgan fingerprint density at radius 3 is 2.54 bits per heavy atom. The summed E-state index contributed by atoms with van der Waals surface area (Å²) < 4.78 is 43.0. The molecule has 46 heavy (non-hydrogen) atoms. The van der Waals surface area contributed by atoms with Crippen molar-refractivity contribution in [3.63, 3.8) is 0 Å². The molecule has 0 unspecified atom stereocenters. The molecule has 1 aliphatic carbocycles. The molecule has 2 aromatic heterocycles. The molecule has 1 N–H and O–H groups in total. The van der Waals surface area contributed by atoms with Gasteiger partial charge in [0.1, 0.15) is 17.0 Å². The molecule has 242 valence electrons. The number of aryl methyl sites for hydroxylation is 1. The minimum atomic E-state index is -3.99. The highest BCUT2D eigenvalue weighted by Gasteiger charge is 2.31. The first-order chi connectivity index (χ1) is 22.0. The Balaban J connectivity index is 1.62. The van der Waals surface area contributed by atoms with Crippen LogP contribution in [0.5, 0.6) is 5.75 Å². The molecule has 1 fully saturated rings. The van der Waals surface area contributed by atoms with E-state index in [1.165, 1.54) is 26.1 Å². The predicted molar refractivity (Wildman–Crippen MR) is 177 cm³/mol. The topological polar surface area (TPSA) is 125 Å². The minimum absolute atomic E-state index is 0.225. The number of ether oxygens (including phenoxy) is 2. The third-order valence-corrected chi connectivity index (χ3v) is 10.3. The van der Waals surface area contributed by atoms with E-state index in [2.05, 4.69) is 15.4 Å². The van der Waals surface area contributed by atoms with E-state index in [4.69, 9.17) is 14.6 Å². The van der Waals surface area contributed by atoms with E-state index in [0.29, 0.717) is 29.5 Å². The maximum Gasteiger partial charge on any atom is 0.341 e. The Kier molecular flexibility index (Phi) is 8.51. The summed E-state index contributed by atoms with van der Waals surface area (Å²) in [5.41, 5.74) is 6.86. The number of hydrogen-bond acceptors (Lipinski definition) is 7. The van der Waals surface area contributed by atoms with E-state index in [0.717, 1.165) is 63.3 Å². The number of hydrogen-bond donors (Lipinski definition) is 1. The summed E-state index contributed by atoms with van der Waals surface area (Å²) in [5, 5.41) is 5.73. The zero-order valence-electron chi connectivity index (χ0n) is 26.8. The van der Waals surface area contributed by atoms with Crippen molar-refractivity contribution in [1.29, 1.82) is 0 Å². The molecular formula is C34H39N5O6S. The molecule has 2 aliphatic rings. The Labute approximate surface area is 269 Å². The van der Waals surface area contributed by atoms with Crippen LogP contribution in [0.1, 0.15) is 82.5 Å². The van der Waals surface area contributed by atoms with Crippen LogP contribution in [0.3, 0.4) is 0 Å². The van der Waals surface area contributed by atoms with Gasteiger partial charge in [-0.05, 0) is 73.2 Å². The van der Waals surface area contributed by atoms with E-state index in [1.807, 2.05) is 24.3 Å². The number of methoxy groups -OCH3 is 1. The molecule has 1 saturated carbocycles. The highest BCUT2D eigenvalue weighted by Crippen LogP contribution is 2.47. The fraction of sp³-hybridized carbons (Fsp3) is 0.382. The number of carbonyl (C=O) groups excluding carboxylic acids is 2. The number of nitrogens with zero attached hydrogens (tertiary/aromatic N) is 4. The van der Waals surface area contributed by atoms with Crippen LogP contribution < -0.4 is 9.46 Å². The third-order valence-electron chi connectivity index (χ3n) is 8.88. The van der Waals surface area contributed by atoms with Crippen molar-refractivity contribution in [2.24, 2.45) is 7.05 Å². The van der Waals surface area contributed by atoms with Crippen LogP contribution in [0.25, 0.3) is 33.8 Å². The first-order valence-corrected chi connectivity index (χ1v) is 17.0. The van der Waals surface area contributed by atoms with Crippen molar-refractivity contribution in [3.8, 4) is 17.0 Å². The SMILES string of the molecule is CCOC(=O)c1cn(C)nc1C1=Cc2cc(OC)ccc2-c2c(C3CCCCC3)c3ccc(C(=O)NS(=O)(=O)N(C)C)cc3n2C1. The number of rotatable bonds is 8. The molecule has 0 spiro atoms. The molecule has 3 heterocycles. The third kappa shape index (κ3) is 5.71. The van der Waals surface area contributed by atoms with Crippen LogP contribution in [0, 0.1) is 0 Å². The second-order valence-corrected chi connectivity index (χ2v) is 13.9. The second kappa shape index (κ2) is 12.4. The van der Waals surface area contributed by atoms with Crippen molar-refractivity contribution in [1.82, 2.24) is 23.4 Å². The van der Waals surface area contributed by atoms with Crippen LogP contribution in [-0.2, 0) is 28.5 Å². The molecule has 11 nitrogen and oxygen atoms in total. The zero-order valence-corrected chi connectivity index (χ0v) is 27.6.